The molecule has 0 bridgehead atoms. The molecule has 8 atom stereocenters. The topological polar surface area (TPSA) is 175 Å². The Morgan fingerprint density at radius 1 is 0.548 bits per heavy atom. The summed E-state index contributed by atoms with van der Waals surface area (Å²) in [5.74, 6) is -1.22. The lowest BCUT2D eigenvalue weighted by atomic mass is 9.99. The normalized spacial score (nSPS) is 19.9. The Kier molecular flexibility index (Phi) is 46.6. The van der Waals surface area contributed by atoms with E-state index in [1.807, 2.05) is 6.08 Å². The standard InChI is InChI=1S/C62H109NO10/c1-4-7-10-13-16-19-22-25-26-27-28-29-30-32-35-38-41-44-47-50-57(67)73-60-59(69)58(68)56(51-64)72-62(60)71-52-53(54(65)48-45-42-39-36-33-24-21-18-15-12-9-6-3)63-61(70)55(66)49-46-43-40-37-34-31-23-20-17-14-11-8-5-2/h8,11,16-17,19-20,25-26,28-29,45,48,53-56,58-60,62,64-66,68-69H,4-7,9-10,12-15,18,21-24,27,30-44,46-47,49-52H2,1-3H3,(H,63,70)/b11-8+,19-16-,20-17+,26-25-,29-28-,48-45+. The molecule has 0 saturated carbocycles. The Morgan fingerprint density at radius 2 is 0.986 bits per heavy atom. The molecule has 73 heavy (non-hydrogen) atoms. The lowest BCUT2D eigenvalue weighted by molar-refractivity contribution is -0.305. The number of unbranched alkanes of at least 4 members (excludes halogenated alkanes) is 25. The van der Waals surface area contributed by atoms with E-state index >= 15 is 0 Å². The predicted octanol–water partition coefficient (Wildman–Crippen LogP) is 13.6. The third-order valence-corrected chi connectivity index (χ3v) is 13.6. The maximum atomic E-state index is 13.4. The number of aliphatic hydroxyl groups excluding tert-OH is 5. The Balaban J connectivity index is 2.71. The van der Waals surface area contributed by atoms with E-state index in [9.17, 15) is 35.1 Å². The molecule has 422 valence electrons. The first-order valence-corrected chi connectivity index (χ1v) is 29.7. The van der Waals surface area contributed by atoms with Crippen LogP contribution in [0.1, 0.15) is 245 Å². The molecule has 1 saturated heterocycles. The van der Waals surface area contributed by atoms with Crippen molar-refractivity contribution in [2.24, 2.45) is 0 Å². The Labute approximate surface area is 445 Å². The van der Waals surface area contributed by atoms with Gasteiger partial charge in [-0.05, 0) is 89.9 Å². The number of allylic oxidation sites excluding steroid dienone is 11. The fourth-order valence-corrected chi connectivity index (χ4v) is 8.87. The quantitative estimate of drug-likeness (QED) is 0.0195. The molecular weight excluding hydrogens is 919 g/mol. The molecule has 0 aromatic rings. The molecule has 1 heterocycles. The van der Waals surface area contributed by atoms with Gasteiger partial charge in [0.2, 0.25) is 5.91 Å². The number of ether oxygens (including phenoxy) is 3. The Morgan fingerprint density at radius 3 is 1.51 bits per heavy atom. The zero-order valence-electron chi connectivity index (χ0n) is 46.5. The lowest BCUT2D eigenvalue weighted by Crippen LogP contribution is -2.61. The van der Waals surface area contributed by atoms with Crippen molar-refractivity contribution in [2.45, 2.75) is 294 Å². The van der Waals surface area contributed by atoms with Crippen LogP contribution in [0.25, 0.3) is 0 Å². The molecular formula is C62H109NO10. The van der Waals surface area contributed by atoms with Crippen LogP contribution in [0.5, 0.6) is 0 Å². The first-order valence-electron chi connectivity index (χ1n) is 29.7. The second-order valence-corrected chi connectivity index (χ2v) is 20.3. The van der Waals surface area contributed by atoms with Gasteiger partial charge in [-0.1, -0.05) is 222 Å². The molecule has 8 unspecified atom stereocenters. The number of carbonyl (C=O) groups is 2. The first kappa shape index (κ1) is 68.1. The molecule has 0 aromatic carbocycles. The summed E-state index contributed by atoms with van der Waals surface area (Å²) in [6.07, 6.45) is 52.2. The van der Waals surface area contributed by atoms with Crippen molar-refractivity contribution in [1.29, 1.82) is 0 Å². The number of hydrogen-bond donors (Lipinski definition) is 6. The molecule has 1 aliphatic heterocycles. The zero-order chi connectivity index (χ0) is 53.3. The SMILES string of the molecule is CC/C=C/C/C=C/CCCCCCCCC(O)C(=O)NC(COC1OC(CO)C(O)C(O)C1OC(=O)CCCCCCCC/C=C\C/C=C\C/C=C\CCCCC)C(O)/C=C/CCCCCCCCCCCC. The number of nitrogens with one attached hydrogen (secondary N) is 1. The molecule has 0 aromatic heterocycles. The zero-order valence-corrected chi connectivity index (χ0v) is 46.5. The van der Waals surface area contributed by atoms with Crippen LogP contribution in [0, 0.1) is 0 Å². The van der Waals surface area contributed by atoms with E-state index in [0.717, 1.165) is 122 Å². The number of carbonyl (C=O) groups excluding carboxylic acids is 2. The van der Waals surface area contributed by atoms with Gasteiger partial charge >= 0.3 is 5.97 Å². The second-order valence-electron chi connectivity index (χ2n) is 20.3. The number of amides is 1. The van der Waals surface area contributed by atoms with E-state index in [0.29, 0.717) is 12.8 Å². The van der Waals surface area contributed by atoms with Gasteiger partial charge in [-0.2, -0.15) is 0 Å². The molecule has 0 spiro atoms. The molecule has 1 fully saturated rings. The van der Waals surface area contributed by atoms with Gasteiger partial charge in [0.25, 0.3) is 0 Å². The summed E-state index contributed by atoms with van der Waals surface area (Å²) in [6.45, 7) is 5.63. The van der Waals surface area contributed by atoms with E-state index in [-0.39, 0.29) is 19.4 Å². The molecule has 0 radical (unpaired) electrons. The van der Waals surface area contributed by atoms with Crippen LogP contribution >= 0.6 is 0 Å². The van der Waals surface area contributed by atoms with E-state index in [1.54, 1.807) is 6.08 Å². The largest absolute Gasteiger partial charge is 0.454 e. The lowest BCUT2D eigenvalue weighted by Gasteiger charge is -2.41. The van der Waals surface area contributed by atoms with Gasteiger partial charge in [-0.25, -0.2) is 0 Å². The molecule has 1 aliphatic rings. The summed E-state index contributed by atoms with van der Waals surface area (Å²) >= 11 is 0. The van der Waals surface area contributed by atoms with Gasteiger partial charge in [0.15, 0.2) is 12.4 Å². The van der Waals surface area contributed by atoms with Gasteiger partial charge < -0.3 is 45.1 Å². The third-order valence-electron chi connectivity index (χ3n) is 13.6. The fraction of sp³-hybridized carbons (Fsp3) is 0.774. The maximum absolute atomic E-state index is 13.4. The third kappa shape index (κ3) is 38.3. The van der Waals surface area contributed by atoms with E-state index < -0.39 is 67.4 Å². The van der Waals surface area contributed by atoms with Crippen molar-refractivity contribution < 1.29 is 49.3 Å². The van der Waals surface area contributed by atoms with Gasteiger partial charge in [-0.15, -0.1) is 0 Å². The van der Waals surface area contributed by atoms with E-state index in [2.05, 4.69) is 86.8 Å². The van der Waals surface area contributed by atoms with Gasteiger partial charge in [0, 0.05) is 6.42 Å². The monoisotopic (exact) mass is 1030 g/mol. The molecule has 1 amide bonds. The highest BCUT2D eigenvalue weighted by Gasteiger charge is 2.47. The number of esters is 1. The van der Waals surface area contributed by atoms with Crippen LogP contribution in [0.15, 0.2) is 72.9 Å². The Hall–Kier alpha value is -2.90. The van der Waals surface area contributed by atoms with Crippen LogP contribution in [0.3, 0.4) is 0 Å². The van der Waals surface area contributed by atoms with Gasteiger partial charge in [0.05, 0.1) is 25.4 Å². The average Bonchev–Trinajstić information content (AvgIpc) is 3.39. The van der Waals surface area contributed by atoms with Crippen LogP contribution < -0.4 is 5.32 Å². The second kappa shape index (κ2) is 49.9. The predicted molar refractivity (Wildman–Crippen MR) is 301 cm³/mol. The highest BCUT2D eigenvalue weighted by Crippen LogP contribution is 2.26. The van der Waals surface area contributed by atoms with Crippen molar-refractivity contribution in [3.05, 3.63) is 72.9 Å². The summed E-state index contributed by atoms with van der Waals surface area (Å²) < 4.78 is 17.6. The number of hydrogen-bond acceptors (Lipinski definition) is 10. The van der Waals surface area contributed by atoms with Crippen LogP contribution in [0.2, 0.25) is 0 Å². The summed E-state index contributed by atoms with van der Waals surface area (Å²) in [7, 11) is 0. The van der Waals surface area contributed by atoms with E-state index in [4.69, 9.17) is 14.2 Å². The summed E-state index contributed by atoms with van der Waals surface area (Å²) in [5.41, 5.74) is 0. The first-order chi connectivity index (χ1) is 35.7. The summed E-state index contributed by atoms with van der Waals surface area (Å²) in [5, 5.41) is 56.8. The molecule has 11 heteroatoms. The van der Waals surface area contributed by atoms with Crippen molar-refractivity contribution in [2.75, 3.05) is 13.2 Å². The van der Waals surface area contributed by atoms with Crippen molar-refractivity contribution in [3.63, 3.8) is 0 Å². The van der Waals surface area contributed by atoms with Crippen molar-refractivity contribution in [1.82, 2.24) is 5.32 Å². The molecule has 6 N–H and O–H groups in total. The van der Waals surface area contributed by atoms with Crippen LogP contribution in [-0.4, -0.2) is 99.6 Å². The minimum Gasteiger partial charge on any atom is -0.454 e. The molecule has 0 aliphatic carbocycles. The summed E-state index contributed by atoms with van der Waals surface area (Å²) in [4.78, 5) is 26.5. The Bertz CT molecular complexity index is 1460. The van der Waals surface area contributed by atoms with Gasteiger partial charge in [-0.3, -0.25) is 9.59 Å². The maximum Gasteiger partial charge on any atom is 0.306 e. The van der Waals surface area contributed by atoms with Crippen molar-refractivity contribution in [3.8, 4) is 0 Å². The van der Waals surface area contributed by atoms with Gasteiger partial charge in [0.1, 0.15) is 24.4 Å². The number of aliphatic hydroxyl groups is 5. The smallest absolute Gasteiger partial charge is 0.306 e. The molecule has 1 rings (SSSR count). The average molecular weight is 1030 g/mol. The van der Waals surface area contributed by atoms with Crippen LogP contribution in [-0.2, 0) is 23.8 Å². The van der Waals surface area contributed by atoms with E-state index in [1.165, 1.54) is 77.0 Å². The number of rotatable bonds is 49. The summed E-state index contributed by atoms with van der Waals surface area (Å²) in [6, 6.07) is -1.03. The van der Waals surface area contributed by atoms with Crippen molar-refractivity contribution >= 4 is 11.9 Å². The van der Waals surface area contributed by atoms with Crippen LogP contribution in [0.4, 0.5) is 0 Å². The fourth-order valence-electron chi connectivity index (χ4n) is 8.87. The molecule has 11 nitrogen and oxygen atoms in total. The minimum atomic E-state index is -1.62. The highest BCUT2D eigenvalue weighted by molar-refractivity contribution is 5.80. The highest BCUT2D eigenvalue weighted by atomic mass is 16.7. The minimum absolute atomic E-state index is 0.106.